The number of hydrazone groups is 1. The van der Waals surface area contributed by atoms with Crippen LogP contribution in [0.4, 0.5) is 0 Å². The first kappa shape index (κ1) is 13.4. The first-order chi connectivity index (χ1) is 6.70. The van der Waals surface area contributed by atoms with Crippen LogP contribution in [0.25, 0.3) is 0 Å². The van der Waals surface area contributed by atoms with Crippen LogP contribution in [0.15, 0.2) is 5.10 Å². The molecule has 4 heteroatoms. The van der Waals surface area contributed by atoms with Crippen molar-refractivity contribution in [3.8, 4) is 0 Å². The van der Waals surface area contributed by atoms with Gasteiger partial charge in [-0.1, -0.05) is 26.7 Å². The molecular formula is C10H21N3S. The zero-order chi connectivity index (χ0) is 10.8. The molecule has 0 bridgehead atoms. The SMILES string of the molecule is CCCCC(CCCC)=NNC(N)=S. The highest BCUT2D eigenvalue weighted by Crippen LogP contribution is 2.04. The highest BCUT2D eigenvalue weighted by atomic mass is 32.1. The van der Waals surface area contributed by atoms with E-state index in [1.807, 2.05) is 0 Å². The zero-order valence-corrected chi connectivity index (χ0v) is 9.99. The van der Waals surface area contributed by atoms with Crippen molar-refractivity contribution in [2.45, 2.75) is 52.4 Å². The molecule has 14 heavy (non-hydrogen) atoms. The minimum atomic E-state index is 0.246. The van der Waals surface area contributed by atoms with Gasteiger partial charge in [0.05, 0.1) is 0 Å². The van der Waals surface area contributed by atoms with Crippen LogP contribution in [0, 0.1) is 0 Å². The summed E-state index contributed by atoms with van der Waals surface area (Å²) in [4.78, 5) is 0. The second-order valence-electron chi connectivity index (χ2n) is 3.36. The molecule has 0 aromatic rings. The summed E-state index contributed by atoms with van der Waals surface area (Å²) in [6, 6.07) is 0. The molecule has 0 radical (unpaired) electrons. The van der Waals surface area contributed by atoms with Gasteiger partial charge in [-0.2, -0.15) is 5.10 Å². The summed E-state index contributed by atoms with van der Waals surface area (Å²) in [7, 11) is 0. The highest BCUT2D eigenvalue weighted by Gasteiger charge is 1.98. The fraction of sp³-hybridized carbons (Fsp3) is 0.800. The van der Waals surface area contributed by atoms with Gasteiger partial charge in [0, 0.05) is 5.71 Å². The summed E-state index contributed by atoms with van der Waals surface area (Å²) >= 11 is 4.70. The van der Waals surface area contributed by atoms with Crippen LogP contribution in [0.5, 0.6) is 0 Å². The maximum Gasteiger partial charge on any atom is 0.184 e. The van der Waals surface area contributed by atoms with Crippen LogP contribution in [0.2, 0.25) is 0 Å². The number of nitrogens with two attached hydrogens (primary N) is 1. The van der Waals surface area contributed by atoms with Gasteiger partial charge in [-0.05, 0) is 37.9 Å². The molecule has 82 valence electrons. The monoisotopic (exact) mass is 215 g/mol. The second kappa shape index (κ2) is 8.94. The Hall–Kier alpha value is -0.640. The lowest BCUT2D eigenvalue weighted by Crippen LogP contribution is -2.25. The van der Waals surface area contributed by atoms with Gasteiger partial charge in [0.1, 0.15) is 0 Å². The summed E-state index contributed by atoms with van der Waals surface area (Å²) in [5, 5.41) is 4.44. The lowest BCUT2D eigenvalue weighted by Gasteiger charge is -2.05. The molecule has 0 saturated carbocycles. The second-order valence-corrected chi connectivity index (χ2v) is 3.80. The van der Waals surface area contributed by atoms with Crippen LogP contribution in [0.1, 0.15) is 52.4 Å². The molecule has 3 nitrogen and oxygen atoms in total. The van der Waals surface area contributed by atoms with Crippen LogP contribution < -0.4 is 11.2 Å². The van der Waals surface area contributed by atoms with Gasteiger partial charge in [-0.25, -0.2) is 0 Å². The Kier molecular flexibility index (Phi) is 8.53. The van der Waals surface area contributed by atoms with E-state index in [1.165, 1.54) is 31.4 Å². The summed E-state index contributed by atoms with van der Waals surface area (Å²) in [6.45, 7) is 4.36. The molecule has 0 spiro atoms. The molecular weight excluding hydrogens is 194 g/mol. The Morgan fingerprint density at radius 3 is 2.07 bits per heavy atom. The Bertz CT molecular complexity index is 180. The molecule has 0 aliphatic carbocycles. The van der Waals surface area contributed by atoms with E-state index in [0.717, 1.165) is 12.8 Å². The van der Waals surface area contributed by atoms with Gasteiger partial charge in [-0.3, -0.25) is 5.43 Å². The van der Waals surface area contributed by atoms with Crippen LogP contribution in [-0.4, -0.2) is 10.8 Å². The van der Waals surface area contributed by atoms with Crippen molar-refractivity contribution >= 4 is 23.0 Å². The summed E-state index contributed by atoms with van der Waals surface area (Å²) in [5.74, 6) is 0. The Balaban J connectivity index is 3.94. The van der Waals surface area contributed by atoms with E-state index in [0.29, 0.717) is 0 Å². The largest absolute Gasteiger partial charge is 0.375 e. The van der Waals surface area contributed by atoms with Gasteiger partial charge in [0.15, 0.2) is 5.11 Å². The van der Waals surface area contributed by atoms with E-state index in [-0.39, 0.29) is 5.11 Å². The third-order valence-electron chi connectivity index (χ3n) is 1.96. The Morgan fingerprint density at radius 2 is 1.71 bits per heavy atom. The summed E-state index contributed by atoms with van der Waals surface area (Å²) in [5.41, 5.74) is 9.15. The van der Waals surface area contributed by atoms with Gasteiger partial charge >= 0.3 is 0 Å². The predicted octanol–water partition coefficient (Wildman–Crippen LogP) is 2.56. The van der Waals surface area contributed by atoms with E-state index >= 15 is 0 Å². The fourth-order valence-electron chi connectivity index (χ4n) is 1.13. The smallest absolute Gasteiger partial charge is 0.184 e. The molecule has 0 atom stereocenters. The molecule has 0 saturated heterocycles. The van der Waals surface area contributed by atoms with Crippen molar-refractivity contribution in [2.24, 2.45) is 10.8 Å². The molecule has 0 unspecified atom stereocenters. The molecule has 0 aliphatic heterocycles. The van der Waals surface area contributed by atoms with Crippen molar-refractivity contribution in [1.82, 2.24) is 5.43 Å². The predicted molar refractivity (Wildman–Crippen MR) is 66.4 cm³/mol. The average molecular weight is 215 g/mol. The summed E-state index contributed by atoms with van der Waals surface area (Å²) in [6.07, 6.45) is 6.85. The quantitative estimate of drug-likeness (QED) is 0.390. The zero-order valence-electron chi connectivity index (χ0n) is 9.18. The van der Waals surface area contributed by atoms with E-state index in [2.05, 4.69) is 24.4 Å². The third kappa shape index (κ3) is 7.98. The molecule has 0 aliphatic rings. The van der Waals surface area contributed by atoms with Crippen LogP contribution in [0.3, 0.4) is 0 Å². The lowest BCUT2D eigenvalue weighted by molar-refractivity contribution is 0.776. The first-order valence-electron chi connectivity index (χ1n) is 5.31. The minimum Gasteiger partial charge on any atom is -0.375 e. The van der Waals surface area contributed by atoms with Crippen LogP contribution >= 0.6 is 12.2 Å². The summed E-state index contributed by atoms with van der Waals surface area (Å²) < 4.78 is 0. The molecule has 0 aromatic heterocycles. The molecule has 0 amide bonds. The van der Waals surface area contributed by atoms with Crippen LogP contribution in [-0.2, 0) is 0 Å². The van der Waals surface area contributed by atoms with Gasteiger partial charge in [0.2, 0.25) is 0 Å². The molecule has 0 rings (SSSR count). The third-order valence-corrected chi connectivity index (χ3v) is 2.05. The number of hydrogen-bond donors (Lipinski definition) is 2. The average Bonchev–Trinajstić information content (AvgIpc) is 2.16. The molecule has 0 aromatic carbocycles. The lowest BCUT2D eigenvalue weighted by atomic mass is 10.1. The molecule has 3 N–H and O–H groups in total. The number of nitrogens with zero attached hydrogens (tertiary/aromatic N) is 1. The fourth-order valence-corrected chi connectivity index (χ4v) is 1.18. The number of unbranched alkanes of at least 4 members (excludes halogenated alkanes) is 2. The van der Waals surface area contributed by atoms with Gasteiger partial charge in [0.25, 0.3) is 0 Å². The Labute approximate surface area is 92.1 Å². The van der Waals surface area contributed by atoms with Crippen molar-refractivity contribution in [3.63, 3.8) is 0 Å². The topological polar surface area (TPSA) is 50.4 Å². The van der Waals surface area contributed by atoms with E-state index < -0.39 is 0 Å². The maximum atomic E-state index is 5.31. The number of nitrogens with one attached hydrogen (secondary N) is 1. The number of thiocarbonyl (C=S) groups is 1. The van der Waals surface area contributed by atoms with Crippen molar-refractivity contribution in [3.05, 3.63) is 0 Å². The van der Waals surface area contributed by atoms with Gasteiger partial charge in [-0.15, -0.1) is 0 Å². The first-order valence-corrected chi connectivity index (χ1v) is 5.72. The van der Waals surface area contributed by atoms with E-state index in [9.17, 15) is 0 Å². The van der Waals surface area contributed by atoms with Crippen molar-refractivity contribution in [1.29, 1.82) is 0 Å². The van der Waals surface area contributed by atoms with Gasteiger partial charge < -0.3 is 5.73 Å². The minimum absolute atomic E-state index is 0.246. The Morgan fingerprint density at radius 1 is 1.21 bits per heavy atom. The van der Waals surface area contributed by atoms with Crippen molar-refractivity contribution in [2.75, 3.05) is 0 Å². The highest BCUT2D eigenvalue weighted by molar-refractivity contribution is 7.80. The number of hydrogen-bond acceptors (Lipinski definition) is 2. The van der Waals surface area contributed by atoms with E-state index in [4.69, 9.17) is 18.0 Å². The maximum absolute atomic E-state index is 5.31. The normalized spacial score (nSPS) is 9.57. The molecule has 0 heterocycles. The number of rotatable bonds is 7. The van der Waals surface area contributed by atoms with Crippen molar-refractivity contribution < 1.29 is 0 Å². The molecule has 0 fully saturated rings. The van der Waals surface area contributed by atoms with E-state index in [1.54, 1.807) is 0 Å². The standard InChI is InChI=1S/C10H21N3S/c1-3-5-7-9(8-6-4-2)12-13-10(11)14/h3-8H2,1-2H3,(H3,11,13,14).